The molecule has 0 amide bonds. The number of fused-ring (bicyclic) bond motifs is 2. The molecule has 0 spiro atoms. The van der Waals surface area contributed by atoms with Gasteiger partial charge >= 0.3 is 11.9 Å². The number of hydrogen-bond acceptors (Lipinski definition) is 2. The standard InChI is InChI=1S/C11H14O4/c1-4-5(2)7-3-6(4)8(10(12)13)9(7)11(14)15/h4-7H,3H2,1-2H3,(H,12,13)(H,14,15). The molecule has 0 heterocycles. The summed E-state index contributed by atoms with van der Waals surface area (Å²) in [6, 6.07) is 0. The average molecular weight is 210 g/mol. The van der Waals surface area contributed by atoms with E-state index in [1.807, 2.05) is 13.8 Å². The molecule has 15 heavy (non-hydrogen) atoms. The molecule has 2 N–H and O–H groups in total. The highest BCUT2D eigenvalue weighted by molar-refractivity contribution is 6.01. The van der Waals surface area contributed by atoms with Gasteiger partial charge < -0.3 is 10.2 Å². The van der Waals surface area contributed by atoms with Crippen LogP contribution in [-0.2, 0) is 9.59 Å². The van der Waals surface area contributed by atoms with Gasteiger partial charge in [0, 0.05) is 0 Å². The van der Waals surface area contributed by atoms with Crippen LogP contribution in [-0.4, -0.2) is 22.2 Å². The van der Waals surface area contributed by atoms with Crippen molar-refractivity contribution in [2.24, 2.45) is 23.7 Å². The minimum atomic E-state index is -1.06. The minimum absolute atomic E-state index is 0.0615. The molecule has 0 radical (unpaired) electrons. The van der Waals surface area contributed by atoms with Crippen LogP contribution in [0, 0.1) is 23.7 Å². The molecule has 4 unspecified atom stereocenters. The highest BCUT2D eigenvalue weighted by atomic mass is 16.4. The van der Waals surface area contributed by atoms with E-state index in [1.54, 1.807) is 0 Å². The van der Waals surface area contributed by atoms with Gasteiger partial charge in [-0.25, -0.2) is 9.59 Å². The normalized spacial score (nSPS) is 38.5. The van der Waals surface area contributed by atoms with Gasteiger partial charge in [-0.1, -0.05) is 13.8 Å². The molecule has 0 aromatic rings. The molecular formula is C11H14O4. The smallest absolute Gasteiger partial charge is 0.332 e. The molecule has 2 aliphatic rings. The summed E-state index contributed by atoms with van der Waals surface area (Å²) in [7, 11) is 0. The van der Waals surface area contributed by atoms with Crippen LogP contribution in [0.2, 0.25) is 0 Å². The summed E-state index contributed by atoms with van der Waals surface area (Å²) in [5.74, 6) is -1.67. The van der Waals surface area contributed by atoms with Crippen molar-refractivity contribution in [1.82, 2.24) is 0 Å². The molecule has 2 rings (SSSR count). The summed E-state index contributed by atoms with van der Waals surface area (Å²) in [5.41, 5.74) is 0.302. The molecule has 2 bridgehead atoms. The molecule has 82 valence electrons. The van der Waals surface area contributed by atoms with Crippen LogP contribution in [0.4, 0.5) is 0 Å². The molecule has 0 aromatic carbocycles. The number of hydrogen-bond donors (Lipinski definition) is 2. The summed E-state index contributed by atoms with van der Waals surface area (Å²) in [6.45, 7) is 4.02. The molecule has 0 aliphatic heterocycles. The molecule has 4 heteroatoms. The lowest BCUT2D eigenvalue weighted by Gasteiger charge is -2.26. The number of carboxylic acid groups (broad SMARTS) is 2. The molecule has 4 atom stereocenters. The predicted molar refractivity (Wildman–Crippen MR) is 52.2 cm³/mol. The van der Waals surface area contributed by atoms with Gasteiger partial charge in [0.2, 0.25) is 0 Å². The van der Waals surface area contributed by atoms with Crippen LogP contribution in [0.5, 0.6) is 0 Å². The van der Waals surface area contributed by atoms with Gasteiger partial charge in [0.15, 0.2) is 0 Å². The molecule has 2 aliphatic carbocycles. The maximum absolute atomic E-state index is 11.0. The topological polar surface area (TPSA) is 74.6 Å². The summed E-state index contributed by atoms with van der Waals surface area (Å²) in [6.07, 6.45) is 0.700. The molecule has 0 aromatic heterocycles. The molecular weight excluding hydrogens is 196 g/mol. The van der Waals surface area contributed by atoms with E-state index in [1.165, 1.54) is 0 Å². The number of aliphatic carboxylic acids is 2. The fourth-order valence-corrected chi connectivity index (χ4v) is 3.14. The number of rotatable bonds is 2. The quantitative estimate of drug-likeness (QED) is 0.721. The van der Waals surface area contributed by atoms with Gasteiger partial charge in [-0.3, -0.25) is 0 Å². The van der Waals surface area contributed by atoms with Crippen molar-refractivity contribution in [2.45, 2.75) is 20.3 Å². The molecule has 1 fully saturated rings. The zero-order valence-corrected chi connectivity index (χ0v) is 8.73. The summed E-state index contributed by atoms with van der Waals surface area (Å²) >= 11 is 0. The van der Waals surface area contributed by atoms with Crippen LogP contribution in [0.3, 0.4) is 0 Å². The summed E-state index contributed by atoms with van der Waals surface area (Å²) < 4.78 is 0. The third kappa shape index (κ3) is 1.20. The first-order chi connectivity index (χ1) is 6.95. The second-order valence-electron chi connectivity index (χ2n) is 4.60. The largest absolute Gasteiger partial charge is 0.478 e. The Balaban J connectivity index is 2.51. The van der Waals surface area contributed by atoms with Crippen LogP contribution < -0.4 is 0 Å². The third-order valence-corrected chi connectivity index (χ3v) is 4.10. The maximum atomic E-state index is 11.0. The van der Waals surface area contributed by atoms with Crippen molar-refractivity contribution in [3.05, 3.63) is 11.1 Å². The Hall–Kier alpha value is -1.32. The summed E-state index contributed by atoms with van der Waals surface area (Å²) in [5, 5.41) is 18.1. The first-order valence-corrected chi connectivity index (χ1v) is 5.15. The Bertz CT molecular complexity index is 335. The van der Waals surface area contributed by atoms with Crippen molar-refractivity contribution in [3.63, 3.8) is 0 Å². The van der Waals surface area contributed by atoms with E-state index in [-0.39, 0.29) is 34.8 Å². The summed E-state index contributed by atoms with van der Waals surface area (Å²) in [4.78, 5) is 22.1. The van der Waals surface area contributed by atoms with E-state index in [0.717, 1.165) is 0 Å². The first-order valence-electron chi connectivity index (χ1n) is 5.15. The average Bonchev–Trinajstić information content (AvgIpc) is 2.64. The van der Waals surface area contributed by atoms with Crippen LogP contribution in [0.1, 0.15) is 20.3 Å². The van der Waals surface area contributed by atoms with E-state index in [0.29, 0.717) is 6.42 Å². The van der Waals surface area contributed by atoms with Crippen molar-refractivity contribution in [2.75, 3.05) is 0 Å². The van der Waals surface area contributed by atoms with E-state index in [9.17, 15) is 9.59 Å². The van der Waals surface area contributed by atoms with Crippen molar-refractivity contribution >= 4 is 11.9 Å². The van der Waals surface area contributed by atoms with Crippen molar-refractivity contribution in [3.8, 4) is 0 Å². The second-order valence-corrected chi connectivity index (χ2v) is 4.60. The first kappa shape index (κ1) is 10.2. The van der Waals surface area contributed by atoms with E-state index >= 15 is 0 Å². The predicted octanol–water partition coefficient (Wildman–Crippen LogP) is 1.37. The van der Waals surface area contributed by atoms with Crippen molar-refractivity contribution in [1.29, 1.82) is 0 Å². The van der Waals surface area contributed by atoms with Gasteiger partial charge in [0.05, 0.1) is 11.1 Å². The molecule has 4 nitrogen and oxygen atoms in total. The van der Waals surface area contributed by atoms with E-state index in [4.69, 9.17) is 10.2 Å². The van der Waals surface area contributed by atoms with Crippen LogP contribution in [0.15, 0.2) is 11.1 Å². The Kier molecular flexibility index (Phi) is 2.10. The molecule has 0 saturated heterocycles. The van der Waals surface area contributed by atoms with Gasteiger partial charge in [-0.15, -0.1) is 0 Å². The highest BCUT2D eigenvalue weighted by Crippen LogP contribution is 2.54. The van der Waals surface area contributed by atoms with Gasteiger partial charge in [-0.2, -0.15) is 0 Å². The van der Waals surface area contributed by atoms with Crippen LogP contribution >= 0.6 is 0 Å². The van der Waals surface area contributed by atoms with Gasteiger partial charge in [0.25, 0.3) is 0 Å². The van der Waals surface area contributed by atoms with Gasteiger partial charge in [-0.05, 0) is 30.1 Å². The Labute approximate surface area is 87.6 Å². The van der Waals surface area contributed by atoms with Gasteiger partial charge in [0.1, 0.15) is 0 Å². The fraction of sp³-hybridized carbons (Fsp3) is 0.636. The van der Waals surface area contributed by atoms with Crippen LogP contribution in [0.25, 0.3) is 0 Å². The highest BCUT2D eigenvalue weighted by Gasteiger charge is 2.52. The Morgan fingerprint density at radius 3 is 1.60 bits per heavy atom. The van der Waals surface area contributed by atoms with E-state index < -0.39 is 11.9 Å². The fourth-order valence-electron chi connectivity index (χ4n) is 3.14. The maximum Gasteiger partial charge on any atom is 0.332 e. The Morgan fingerprint density at radius 2 is 1.33 bits per heavy atom. The lowest BCUT2D eigenvalue weighted by molar-refractivity contribution is -0.136. The second kappa shape index (κ2) is 3.08. The third-order valence-electron chi connectivity index (χ3n) is 4.10. The monoisotopic (exact) mass is 210 g/mol. The van der Waals surface area contributed by atoms with E-state index in [2.05, 4.69) is 0 Å². The zero-order chi connectivity index (χ0) is 11.3. The number of carboxylic acids is 2. The lowest BCUT2D eigenvalue weighted by Crippen LogP contribution is -2.27. The lowest BCUT2D eigenvalue weighted by atomic mass is 9.78. The molecule has 1 saturated carbocycles. The SMILES string of the molecule is CC1C2CC(C(C(=O)O)=C2C(=O)O)C1C. The number of carbonyl (C=O) groups is 2. The minimum Gasteiger partial charge on any atom is -0.478 e. The van der Waals surface area contributed by atoms with Crippen molar-refractivity contribution < 1.29 is 19.8 Å². The Morgan fingerprint density at radius 1 is 1.00 bits per heavy atom. The zero-order valence-electron chi connectivity index (χ0n) is 8.73.